The van der Waals surface area contributed by atoms with Gasteiger partial charge < -0.3 is 0 Å². The van der Waals surface area contributed by atoms with Gasteiger partial charge in [-0.15, -0.1) is 0 Å². The molecule has 0 saturated heterocycles. The molecule has 4 N–H and O–H groups in total. The Bertz CT molecular complexity index is 446. The first kappa shape index (κ1) is 19.0. The Morgan fingerprint density at radius 2 is 1.74 bits per heavy atom. The van der Waals surface area contributed by atoms with Gasteiger partial charge in [0.25, 0.3) is 0 Å². The van der Waals surface area contributed by atoms with Crippen molar-refractivity contribution in [3.05, 3.63) is 18.2 Å². The second-order valence-corrected chi connectivity index (χ2v) is 6.89. The van der Waals surface area contributed by atoms with Crippen molar-refractivity contribution in [2.75, 3.05) is 31.2 Å². The van der Waals surface area contributed by atoms with Crippen molar-refractivity contribution in [1.82, 2.24) is 0 Å². The molecule has 0 radical (unpaired) electrons. The zero-order chi connectivity index (χ0) is 13.8. The van der Waals surface area contributed by atoms with Crippen molar-refractivity contribution < 1.29 is 56.8 Å². The van der Waals surface area contributed by atoms with Crippen molar-refractivity contribution >= 4 is 24.2 Å². The van der Waals surface area contributed by atoms with Crippen LogP contribution in [0, 0.1) is 0 Å². The molecule has 0 spiro atoms. The Morgan fingerprint density at radius 1 is 1.21 bits per heavy atom. The molecule has 0 bridgehead atoms. The van der Waals surface area contributed by atoms with Crippen molar-refractivity contribution in [1.29, 1.82) is 0 Å². The third-order valence-corrected chi connectivity index (χ3v) is 4.32. The van der Waals surface area contributed by atoms with Crippen LogP contribution in [0.25, 0.3) is 0 Å². The zero-order valence-corrected chi connectivity index (χ0v) is 14.4. The number of hydrogen-bond donors (Lipinski definition) is 4. The van der Waals surface area contributed by atoms with Crippen molar-refractivity contribution in [3.8, 4) is 5.75 Å². The summed E-state index contributed by atoms with van der Waals surface area (Å²) in [6.45, 7) is -0.191. The van der Waals surface area contributed by atoms with Gasteiger partial charge in [0.05, 0.1) is 0 Å². The summed E-state index contributed by atoms with van der Waals surface area (Å²) in [6.07, 6.45) is 0. The van der Waals surface area contributed by atoms with Crippen LogP contribution in [0.3, 0.4) is 0 Å². The summed E-state index contributed by atoms with van der Waals surface area (Å²) in [5, 5.41) is 27.4. The summed E-state index contributed by atoms with van der Waals surface area (Å²) in [5.74, 6) is -0.190. The van der Waals surface area contributed by atoms with Gasteiger partial charge in [0.2, 0.25) is 0 Å². The van der Waals surface area contributed by atoms with E-state index in [1.54, 1.807) is 0 Å². The van der Waals surface area contributed by atoms with Crippen molar-refractivity contribution in [2.45, 2.75) is 0 Å². The smallest absolute Gasteiger partial charge is 1.00 e. The van der Waals surface area contributed by atoms with E-state index < -0.39 is 14.2 Å². The molecule has 19 heavy (non-hydrogen) atoms. The molecule has 0 aliphatic carbocycles. The van der Waals surface area contributed by atoms with E-state index in [0.717, 1.165) is 18.2 Å². The maximum Gasteiger partial charge on any atom is 1.00 e. The van der Waals surface area contributed by atoms with E-state index >= 15 is 0 Å². The predicted molar refractivity (Wildman–Crippen MR) is 62.8 cm³/mol. The first-order chi connectivity index (χ1) is 8.40. The number of phenols is 1. The summed E-state index contributed by atoms with van der Waals surface area (Å²) in [5.41, 5.74) is 0.141. The summed E-state index contributed by atoms with van der Waals surface area (Å²) < 4.78 is 30.9. The number of phenolic OH excluding ortho intramolecular Hbond substituents is 1. The van der Waals surface area contributed by atoms with Gasteiger partial charge in [-0.05, 0) is 0 Å². The Labute approximate surface area is 135 Å². The number of aliphatic hydroxyl groups excluding tert-OH is 2. The molecular weight excluding hydrogens is 328 g/mol. The number of benzene rings is 1. The van der Waals surface area contributed by atoms with Gasteiger partial charge in [-0.3, -0.25) is 0 Å². The van der Waals surface area contributed by atoms with E-state index in [1.807, 2.05) is 0 Å². The van der Waals surface area contributed by atoms with Gasteiger partial charge >= 0.3 is 136 Å². The Hall–Kier alpha value is 0.0184. The third-order valence-electron chi connectivity index (χ3n) is 2.37. The fourth-order valence-electron chi connectivity index (χ4n) is 1.54. The van der Waals surface area contributed by atoms with Gasteiger partial charge in [0.15, 0.2) is 0 Å². The van der Waals surface area contributed by atoms with E-state index in [0.29, 0.717) is 0 Å². The topological polar surface area (TPSA) is 124 Å². The molecular formula is C10H15AsNNaO6. The molecule has 0 saturated carbocycles. The SMILES string of the molecule is O=[As]([O-])(O)c1ccc(O)c(N(CCO)CCO)c1.[Na+]. The Balaban J connectivity index is 0.00000324. The van der Waals surface area contributed by atoms with E-state index in [-0.39, 0.29) is 71.6 Å². The molecule has 0 aliphatic heterocycles. The first-order valence-electron chi connectivity index (χ1n) is 5.24. The van der Waals surface area contributed by atoms with E-state index in [2.05, 4.69) is 0 Å². The minimum absolute atomic E-state index is 0. The molecule has 0 fully saturated rings. The van der Waals surface area contributed by atoms with Crippen LogP contribution >= 0.6 is 0 Å². The standard InChI is InChI=1S/C10H16AsNO6.Na/c13-5-3-12(4-6-14)9-7-8(11(16,17)18)1-2-10(9)15;/h1-2,7,13-15H,3-6H2,(H2,16,17,18);/q;+1/p-1. The van der Waals surface area contributed by atoms with E-state index in [1.165, 1.54) is 4.90 Å². The molecule has 1 aromatic carbocycles. The van der Waals surface area contributed by atoms with E-state index in [9.17, 15) is 12.9 Å². The van der Waals surface area contributed by atoms with Gasteiger partial charge in [-0.25, -0.2) is 0 Å². The molecule has 1 atom stereocenters. The molecule has 0 aromatic heterocycles. The van der Waals surface area contributed by atoms with Crippen LogP contribution in [-0.4, -0.2) is 59.9 Å². The van der Waals surface area contributed by atoms with Crippen LogP contribution in [0.2, 0.25) is 0 Å². The Kier molecular flexibility index (Phi) is 8.35. The minimum atomic E-state index is -5.28. The maximum atomic E-state index is 11.1. The van der Waals surface area contributed by atoms with E-state index in [4.69, 9.17) is 14.3 Å². The number of anilines is 1. The van der Waals surface area contributed by atoms with Crippen LogP contribution in [0.5, 0.6) is 5.75 Å². The minimum Gasteiger partial charge on any atom is 1.00 e. The molecule has 102 valence electrons. The second kappa shape index (κ2) is 8.34. The number of hydrogen-bond acceptors (Lipinski definition) is 6. The number of nitrogens with zero attached hydrogens (tertiary/aromatic N) is 1. The molecule has 0 amide bonds. The summed E-state index contributed by atoms with van der Waals surface area (Å²) in [4.78, 5) is 1.42. The third kappa shape index (κ3) is 5.49. The maximum absolute atomic E-state index is 11.1. The predicted octanol–water partition coefficient (Wildman–Crippen LogP) is -5.88. The molecule has 1 aromatic rings. The molecule has 1 unspecified atom stereocenters. The van der Waals surface area contributed by atoms with Crippen LogP contribution < -0.4 is 42.9 Å². The molecule has 0 aliphatic rings. The fraction of sp³-hybridized carbons (Fsp3) is 0.400. The molecule has 7 nitrogen and oxygen atoms in total. The van der Waals surface area contributed by atoms with Gasteiger partial charge in [-0.1, -0.05) is 0 Å². The number of aromatic hydroxyl groups is 1. The van der Waals surface area contributed by atoms with Crippen LogP contribution in [0.4, 0.5) is 5.69 Å². The zero-order valence-electron chi connectivity index (χ0n) is 10.6. The summed E-state index contributed by atoms with van der Waals surface area (Å²) >= 11 is -5.28. The van der Waals surface area contributed by atoms with Crippen LogP contribution in [0.15, 0.2) is 18.2 Å². The number of rotatable bonds is 6. The molecule has 9 heteroatoms. The van der Waals surface area contributed by atoms with Crippen molar-refractivity contribution in [3.63, 3.8) is 0 Å². The number of aliphatic hydroxyl groups is 2. The van der Waals surface area contributed by atoms with Crippen LogP contribution in [-0.2, 0) is 3.74 Å². The Morgan fingerprint density at radius 3 is 2.16 bits per heavy atom. The largest absolute Gasteiger partial charge is 1.00 e. The molecule has 1 rings (SSSR count). The average molecular weight is 343 g/mol. The van der Waals surface area contributed by atoms with Crippen molar-refractivity contribution in [2.24, 2.45) is 0 Å². The van der Waals surface area contributed by atoms with Gasteiger partial charge in [0, 0.05) is 0 Å². The first-order valence-corrected chi connectivity index (χ1v) is 8.55. The normalized spacial score (nSPS) is 13.5. The van der Waals surface area contributed by atoms with Crippen LogP contribution in [0.1, 0.15) is 0 Å². The molecule has 0 heterocycles. The quantitative estimate of drug-likeness (QED) is 0.379. The average Bonchev–Trinajstić information content (AvgIpc) is 2.28. The monoisotopic (exact) mass is 343 g/mol. The van der Waals surface area contributed by atoms with Gasteiger partial charge in [0.1, 0.15) is 0 Å². The summed E-state index contributed by atoms with van der Waals surface area (Å²) in [7, 11) is 0. The van der Waals surface area contributed by atoms with Gasteiger partial charge in [-0.2, -0.15) is 0 Å². The second-order valence-electron chi connectivity index (χ2n) is 3.63. The fourth-order valence-corrected chi connectivity index (χ4v) is 2.69. The summed E-state index contributed by atoms with van der Waals surface area (Å²) in [6, 6.07) is 3.37.